The monoisotopic (exact) mass is 604 g/mol. The summed E-state index contributed by atoms with van der Waals surface area (Å²) in [5.41, 5.74) is 4.18. The van der Waals surface area contributed by atoms with Crippen molar-refractivity contribution in [3.8, 4) is 11.5 Å². The topological polar surface area (TPSA) is 74.3 Å². The van der Waals surface area contributed by atoms with Crippen molar-refractivity contribution < 1.29 is 19.1 Å². The summed E-state index contributed by atoms with van der Waals surface area (Å²) < 4.78 is 11.6. The lowest BCUT2D eigenvalue weighted by Gasteiger charge is -2.33. The second-order valence-electron chi connectivity index (χ2n) is 11.3. The number of methoxy groups -OCH3 is 1. The van der Waals surface area contributed by atoms with E-state index in [-0.39, 0.29) is 17.7 Å². The van der Waals surface area contributed by atoms with Gasteiger partial charge in [0, 0.05) is 68.2 Å². The molecular formula is C34H41ClN4O4. The maximum atomic E-state index is 14.0. The molecule has 9 heteroatoms. The highest BCUT2D eigenvalue weighted by Gasteiger charge is 2.31. The summed E-state index contributed by atoms with van der Waals surface area (Å²) in [6.07, 6.45) is 2.00. The van der Waals surface area contributed by atoms with Crippen LogP contribution in [0.25, 0.3) is 0 Å². The number of likely N-dealkylation sites (N-methyl/N-ethyl adjacent to an activating group) is 1. The standard InChI is InChI=1S/C34H41ClN4O4/c1-24-7-4-5-9-31(24)43-20-14-36-27-11-12-28(32(23-27)42-3)34(41)39-15-6-8-25(29-22-26(35)10-13-30(29)39)21-33(40)38-18-16-37(2)17-19-38/h4-5,7,9-13,22-23,25,36H,6,8,14-21H2,1-3H3. The van der Waals surface area contributed by atoms with E-state index in [1.807, 2.05) is 71.3 Å². The molecule has 0 saturated carbocycles. The van der Waals surface area contributed by atoms with Crippen molar-refractivity contribution in [2.45, 2.75) is 32.1 Å². The maximum Gasteiger partial charge on any atom is 0.262 e. The number of amides is 2. The minimum atomic E-state index is -0.138. The number of fused-ring (bicyclic) bond motifs is 1. The molecule has 5 rings (SSSR count). The van der Waals surface area contributed by atoms with E-state index >= 15 is 0 Å². The van der Waals surface area contributed by atoms with Crippen LogP contribution in [0.2, 0.25) is 5.02 Å². The van der Waals surface area contributed by atoms with Gasteiger partial charge in [0.25, 0.3) is 5.91 Å². The van der Waals surface area contributed by atoms with Gasteiger partial charge in [0.2, 0.25) is 5.91 Å². The number of hydrogen-bond donors (Lipinski definition) is 1. The smallest absolute Gasteiger partial charge is 0.262 e. The molecule has 8 nitrogen and oxygen atoms in total. The number of halogens is 1. The zero-order valence-corrected chi connectivity index (χ0v) is 26.0. The molecule has 0 aromatic heterocycles. The van der Waals surface area contributed by atoms with Gasteiger partial charge >= 0.3 is 0 Å². The number of hydrogen-bond acceptors (Lipinski definition) is 6. The van der Waals surface area contributed by atoms with Crippen LogP contribution in [-0.4, -0.2) is 81.6 Å². The highest BCUT2D eigenvalue weighted by Crippen LogP contribution is 2.40. The van der Waals surface area contributed by atoms with Crippen LogP contribution in [0.4, 0.5) is 11.4 Å². The number of carbonyl (C=O) groups excluding carboxylic acids is 2. The number of aryl methyl sites for hydroxylation is 1. The molecule has 3 aromatic rings. The third kappa shape index (κ3) is 7.43. The fourth-order valence-corrected chi connectivity index (χ4v) is 6.07. The van der Waals surface area contributed by atoms with Crippen LogP contribution in [0.3, 0.4) is 0 Å². The maximum absolute atomic E-state index is 14.0. The molecule has 0 spiro atoms. The summed E-state index contributed by atoms with van der Waals surface area (Å²) in [5, 5.41) is 3.96. The van der Waals surface area contributed by atoms with Crippen molar-refractivity contribution in [2.75, 3.05) is 70.2 Å². The molecule has 2 aliphatic heterocycles. The van der Waals surface area contributed by atoms with Crippen molar-refractivity contribution >= 4 is 34.8 Å². The predicted molar refractivity (Wildman–Crippen MR) is 172 cm³/mol. The van der Waals surface area contributed by atoms with E-state index in [2.05, 4.69) is 17.3 Å². The zero-order valence-electron chi connectivity index (χ0n) is 25.3. The molecule has 43 heavy (non-hydrogen) atoms. The number of anilines is 2. The first kappa shape index (κ1) is 30.7. The number of nitrogens with one attached hydrogen (secondary N) is 1. The molecule has 0 aliphatic carbocycles. The number of ether oxygens (including phenoxy) is 2. The van der Waals surface area contributed by atoms with E-state index in [1.54, 1.807) is 13.2 Å². The summed E-state index contributed by atoms with van der Waals surface area (Å²) in [4.78, 5) is 33.3. The van der Waals surface area contributed by atoms with E-state index in [4.69, 9.17) is 21.1 Å². The largest absolute Gasteiger partial charge is 0.496 e. The Labute approximate surface area is 259 Å². The third-order valence-corrected chi connectivity index (χ3v) is 8.63. The van der Waals surface area contributed by atoms with Gasteiger partial charge in [-0.15, -0.1) is 0 Å². The van der Waals surface area contributed by atoms with E-state index in [1.165, 1.54) is 0 Å². The molecule has 2 amide bonds. The zero-order chi connectivity index (χ0) is 30.3. The quantitative estimate of drug-likeness (QED) is 0.310. The van der Waals surface area contributed by atoms with Crippen LogP contribution >= 0.6 is 11.6 Å². The Hall–Kier alpha value is -3.75. The second kappa shape index (κ2) is 14.1. The number of para-hydroxylation sites is 1. The Morgan fingerprint density at radius 2 is 1.77 bits per heavy atom. The Balaban J connectivity index is 1.29. The molecule has 1 atom stereocenters. The fraction of sp³-hybridized carbons (Fsp3) is 0.412. The lowest BCUT2D eigenvalue weighted by molar-refractivity contribution is -0.133. The molecule has 1 fully saturated rings. The van der Waals surface area contributed by atoms with E-state index in [9.17, 15) is 9.59 Å². The van der Waals surface area contributed by atoms with Crippen molar-refractivity contribution in [3.63, 3.8) is 0 Å². The molecule has 0 radical (unpaired) electrons. The predicted octanol–water partition coefficient (Wildman–Crippen LogP) is 5.84. The molecule has 2 aliphatic rings. The molecule has 1 saturated heterocycles. The Kier molecular flexibility index (Phi) is 10.1. The summed E-state index contributed by atoms with van der Waals surface area (Å²) >= 11 is 6.46. The molecule has 228 valence electrons. The van der Waals surface area contributed by atoms with Gasteiger partial charge in [0.15, 0.2) is 0 Å². The van der Waals surface area contributed by atoms with Crippen molar-refractivity contribution in [3.05, 3.63) is 82.4 Å². The molecule has 2 heterocycles. The number of carbonyl (C=O) groups is 2. The van der Waals surface area contributed by atoms with Gasteiger partial charge in [0.05, 0.1) is 12.7 Å². The first-order valence-corrected chi connectivity index (χ1v) is 15.4. The SMILES string of the molecule is COc1cc(NCCOc2ccccc2C)ccc1C(=O)N1CCCC(CC(=O)N2CCN(C)CC2)c2cc(Cl)ccc21. The normalized spacial score (nSPS) is 17.2. The highest BCUT2D eigenvalue weighted by molar-refractivity contribution is 6.30. The minimum Gasteiger partial charge on any atom is -0.496 e. The number of benzene rings is 3. The molecule has 1 N–H and O–H groups in total. The summed E-state index contributed by atoms with van der Waals surface area (Å²) in [6, 6.07) is 19.1. The van der Waals surface area contributed by atoms with Gasteiger partial charge in [-0.25, -0.2) is 0 Å². The summed E-state index contributed by atoms with van der Waals surface area (Å²) in [7, 11) is 3.66. The molecule has 3 aromatic carbocycles. The van der Waals surface area contributed by atoms with E-state index in [0.717, 1.165) is 67.3 Å². The van der Waals surface area contributed by atoms with Crippen LogP contribution < -0.4 is 19.7 Å². The van der Waals surface area contributed by atoms with Crippen LogP contribution in [-0.2, 0) is 4.79 Å². The Bertz CT molecular complexity index is 1440. The van der Waals surface area contributed by atoms with E-state index in [0.29, 0.717) is 42.5 Å². The van der Waals surface area contributed by atoms with Crippen molar-refractivity contribution in [2.24, 2.45) is 0 Å². The second-order valence-corrected chi connectivity index (χ2v) is 11.8. The molecular weight excluding hydrogens is 564 g/mol. The van der Waals surface area contributed by atoms with Gasteiger partial charge in [-0.1, -0.05) is 29.8 Å². The molecule has 1 unspecified atom stereocenters. The average molecular weight is 605 g/mol. The van der Waals surface area contributed by atoms with Crippen LogP contribution in [0, 0.1) is 6.92 Å². The van der Waals surface area contributed by atoms with Gasteiger partial charge in [0.1, 0.15) is 18.1 Å². The van der Waals surface area contributed by atoms with Gasteiger partial charge < -0.3 is 29.5 Å². The number of piperazine rings is 1. The third-order valence-electron chi connectivity index (χ3n) is 8.39. The Morgan fingerprint density at radius 3 is 2.53 bits per heavy atom. The van der Waals surface area contributed by atoms with Gasteiger partial charge in [-0.2, -0.15) is 0 Å². The first-order chi connectivity index (χ1) is 20.8. The molecule has 0 bridgehead atoms. The van der Waals surface area contributed by atoms with Crippen LogP contribution in [0.1, 0.15) is 46.7 Å². The summed E-state index contributed by atoms with van der Waals surface area (Å²) in [5.74, 6) is 1.39. The van der Waals surface area contributed by atoms with Gasteiger partial charge in [-0.3, -0.25) is 9.59 Å². The number of nitrogens with zero attached hydrogens (tertiary/aromatic N) is 3. The average Bonchev–Trinajstić information content (AvgIpc) is 3.19. The Morgan fingerprint density at radius 1 is 0.977 bits per heavy atom. The highest BCUT2D eigenvalue weighted by atomic mass is 35.5. The number of rotatable bonds is 9. The van der Waals surface area contributed by atoms with Crippen molar-refractivity contribution in [1.82, 2.24) is 9.80 Å². The van der Waals surface area contributed by atoms with E-state index < -0.39 is 0 Å². The van der Waals surface area contributed by atoms with Crippen LogP contribution in [0.15, 0.2) is 60.7 Å². The van der Waals surface area contributed by atoms with Crippen LogP contribution in [0.5, 0.6) is 11.5 Å². The van der Waals surface area contributed by atoms with Gasteiger partial charge in [-0.05, 0) is 80.3 Å². The van der Waals surface area contributed by atoms with Crippen molar-refractivity contribution in [1.29, 1.82) is 0 Å². The minimum absolute atomic E-state index is 0.00554. The summed E-state index contributed by atoms with van der Waals surface area (Å²) in [6.45, 7) is 6.94. The lowest BCUT2D eigenvalue weighted by atomic mass is 9.90. The fourth-order valence-electron chi connectivity index (χ4n) is 5.89. The first-order valence-electron chi connectivity index (χ1n) is 15.0. The lowest BCUT2D eigenvalue weighted by Crippen LogP contribution is -2.47.